The van der Waals surface area contributed by atoms with Gasteiger partial charge in [0.05, 0.1) is 55.8 Å². The summed E-state index contributed by atoms with van der Waals surface area (Å²) in [6, 6.07) is 10.7. The molecule has 4 amide bonds. The molecule has 22 N–H and O–H groups in total. The molecular weight excluding hydrogens is 827 g/mol. The van der Waals surface area contributed by atoms with E-state index in [0.29, 0.717) is 67.3 Å². The van der Waals surface area contributed by atoms with E-state index in [4.69, 9.17) is 60.4 Å². The van der Waals surface area contributed by atoms with Crippen LogP contribution in [-0.4, -0.2) is 99.3 Å². The van der Waals surface area contributed by atoms with Crippen molar-refractivity contribution in [2.24, 2.45) is 40.1 Å². The first-order valence-electron chi connectivity index (χ1n) is 19.2. The van der Waals surface area contributed by atoms with Crippen LogP contribution < -0.4 is 81.5 Å². The lowest BCUT2D eigenvalue weighted by Crippen LogP contribution is -2.37. The van der Waals surface area contributed by atoms with Crippen molar-refractivity contribution in [1.82, 2.24) is 10.6 Å². The van der Waals surface area contributed by atoms with Crippen LogP contribution in [0.3, 0.4) is 0 Å². The number of nitrogens with two attached hydrogens (primary N) is 7. The molecule has 1 unspecified atom stereocenters. The minimum Gasteiger partial charge on any atom is -0.491 e. The topological polar surface area (TPSA) is 389 Å². The molecule has 0 aliphatic carbocycles. The van der Waals surface area contributed by atoms with Crippen LogP contribution in [0.4, 0.5) is 22.7 Å². The zero-order valence-electron chi connectivity index (χ0n) is 33.6. The Balaban J connectivity index is 1.94. The molecule has 3 rings (SSSR count). The largest absolute Gasteiger partial charge is 0.491 e. The van der Waals surface area contributed by atoms with Crippen LogP contribution in [0.1, 0.15) is 46.4 Å². The maximum Gasteiger partial charge on any atom is 0.259 e. The van der Waals surface area contributed by atoms with Crippen LogP contribution >= 0.6 is 24.4 Å². The fourth-order valence-corrected chi connectivity index (χ4v) is 6.60. The van der Waals surface area contributed by atoms with Gasteiger partial charge in [-0.3, -0.25) is 30.0 Å². The number of carbonyl (C=O) groups is 4. The molecule has 332 valence electrons. The zero-order chi connectivity index (χ0) is 44.9. The van der Waals surface area contributed by atoms with Gasteiger partial charge in [0, 0.05) is 44.5 Å². The highest BCUT2D eigenvalue weighted by atomic mass is 32.2. The first-order valence-corrected chi connectivity index (χ1v) is 20.7. The number of ether oxygens (including phenoxy) is 2. The van der Waals surface area contributed by atoms with Gasteiger partial charge < -0.3 is 81.5 Å². The lowest BCUT2D eigenvalue weighted by Gasteiger charge is -2.20. The van der Waals surface area contributed by atoms with Gasteiger partial charge in [-0.05, 0) is 56.0 Å². The quantitative estimate of drug-likeness (QED) is 0.0178. The van der Waals surface area contributed by atoms with E-state index in [9.17, 15) is 19.2 Å². The van der Waals surface area contributed by atoms with Crippen molar-refractivity contribution >= 4 is 82.7 Å². The van der Waals surface area contributed by atoms with Crippen LogP contribution in [0.25, 0.3) is 0 Å². The highest BCUT2D eigenvalue weighted by molar-refractivity contribution is 7.99. The van der Waals surface area contributed by atoms with E-state index in [1.165, 1.54) is 23.9 Å². The number of hydrogen-bond donors (Lipinski definition) is 16. The van der Waals surface area contributed by atoms with Crippen LogP contribution in [0.15, 0.2) is 58.3 Å². The van der Waals surface area contributed by atoms with E-state index >= 15 is 0 Å². The van der Waals surface area contributed by atoms with E-state index in [1.807, 2.05) is 0 Å². The van der Waals surface area contributed by atoms with E-state index < -0.39 is 35.7 Å². The molecule has 0 aliphatic heterocycles. The Morgan fingerprint density at radius 1 is 0.656 bits per heavy atom. The number of thioether (sulfide) groups is 1. The Hall–Kier alpha value is -5.82. The summed E-state index contributed by atoms with van der Waals surface area (Å²) >= 11 is 5.88. The molecular formula is C38H57N15O6S2. The molecule has 0 heterocycles. The van der Waals surface area contributed by atoms with Crippen molar-refractivity contribution < 1.29 is 28.7 Å². The van der Waals surface area contributed by atoms with Gasteiger partial charge in [0.15, 0.2) is 11.9 Å². The van der Waals surface area contributed by atoms with E-state index in [2.05, 4.69) is 44.5 Å². The summed E-state index contributed by atoms with van der Waals surface area (Å²) in [6.45, 7) is 1.30. The van der Waals surface area contributed by atoms with Gasteiger partial charge in [-0.15, -0.1) is 24.4 Å². The molecule has 3 aromatic rings. The molecule has 3 aromatic carbocycles. The monoisotopic (exact) mass is 883 g/mol. The molecule has 0 bridgehead atoms. The minimum atomic E-state index is -0.876. The molecule has 0 aliphatic rings. The summed E-state index contributed by atoms with van der Waals surface area (Å²) in [6.07, 6.45) is 1.60. The Bertz CT molecular complexity index is 2010. The van der Waals surface area contributed by atoms with Crippen molar-refractivity contribution in [3.8, 4) is 11.5 Å². The Kier molecular flexibility index (Phi) is 20.9. The van der Waals surface area contributed by atoms with Crippen LogP contribution in [0, 0.1) is 10.8 Å². The highest BCUT2D eigenvalue weighted by Gasteiger charge is 2.25. The fraction of sp³-hybridized carbons (Fsp3) is 0.368. The van der Waals surface area contributed by atoms with Crippen molar-refractivity contribution in [3.05, 3.63) is 59.7 Å². The number of benzene rings is 3. The maximum atomic E-state index is 14.2. The van der Waals surface area contributed by atoms with Gasteiger partial charge >= 0.3 is 0 Å². The number of rotatable bonds is 25. The summed E-state index contributed by atoms with van der Waals surface area (Å²) in [4.78, 5) is 55.0. The van der Waals surface area contributed by atoms with Crippen molar-refractivity contribution in [1.29, 1.82) is 10.8 Å². The molecule has 0 fully saturated rings. The van der Waals surface area contributed by atoms with E-state index in [0.717, 1.165) is 0 Å². The number of guanidine groups is 2. The third kappa shape index (κ3) is 15.9. The second kappa shape index (κ2) is 25.7. The smallest absolute Gasteiger partial charge is 0.259 e. The average molecular weight is 884 g/mol. The van der Waals surface area contributed by atoms with Crippen LogP contribution in [0.5, 0.6) is 11.5 Å². The standard InChI is InChI=1S/C38H57N15O6S2/c39-11-16-58-29-20-30(59-17-12-40)22(19-21(29)33(54)50-25-7-1-8-26(31(25)60)51-35(56)23(42)5-3-14-48-37(44)45)34(55)52-27-9-2-10-28(32(27)61-18-13-41)53-36(57)24(43)6-4-15-49-38(46)47/h1-2,7-10,19-20,23-24,60H,3-6,11-18,39-43H2,(H,50,54)(H,51,56)(H,52,55)(H,53,57)(H4,44,45,48)(H4,46,47,49)/t23?,24-/m1/s1. The predicted octanol–water partition coefficient (Wildman–Crippen LogP) is 0.264. The Morgan fingerprint density at radius 2 is 1.08 bits per heavy atom. The molecule has 61 heavy (non-hydrogen) atoms. The Morgan fingerprint density at radius 3 is 1.54 bits per heavy atom. The summed E-state index contributed by atoms with van der Waals surface area (Å²) in [5.74, 6) is -2.13. The normalized spacial score (nSPS) is 11.7. The lowest BCUT2D eigenvalue weighted by molar-refractivity contribution is -0.118. The second-order valence-electron chi connectivity index (χ2n) is 13.2. The van der Waals surface area contributed by atoms with Crippen molar-refractivity contribution in [3.63, 3.8) is 0 Å². The summed E-state index contributed by atoms with van der Waals surface area (Å²) in [5.41, 5.74) is 41.2. The van der Waals surface area contributed by atoms with Gasteiger partial charge in [0.1, 0.15) is 24.7 Å². The van der Waals surface area contributed by atoms with Gasteiger partial charge in [-0.2, -0.15) is 0 Å². The first-order chi connectivity index (χ1) is 29.2. The average Bonchev–Trinajstić information content (AvgIpc) is 3.22. The van der Waals surface area contributed by atoms with E-state index in [-0.39, 0.29) is 77.1 Å². The summed E-state index contributed by atoms with van der Waals surface area (Å²) < 4.78 is 11.7. The minimum absolute atomic E-state index is 0.0196. The molecule has 0 radical (unpaired) electrons. The number of thiol groups is 1. The maximum absolute atomic E-state index is 14.2. The molecule has 21 nitrogen and oxygen atoms in total. The van der Waals surface area contributed by atoms with Crippen LogP contribution in [-0.2, 0) is 9.59 Å². The number of anilines is 4. The summed E-state index contributed by atoms with van der Waals surface area (Å²) in [5, 5.41) is 31.1. The second-order valence-corrected chi connectivity index (χ2v) is 14.8. The SMILES string of the molecule is N=C(N)NCCCC(N)C(=O)Nc1cccc(NC(=O)c2cc(C(=O)Nc3cccc(NC(=O)[C@H](N)CCCNC(=N)N)c3SCCN)c(OCCN)cc2OCCN)c1S. The first kappa shape index (κ1) is 49.5. The van der Waals surface area contributed by atoms with Crippen LogP contribution in [0.2, 0.25) is 0 Å². The van der Waals surface area contributed by atoms with Crippen molar-refractivity contribution in [2.45, 2.75) is 47.6 Å². The molecule has 0 spiro atoms. The van der Waals surface area contributed by atoms with Gasteiger partial charge in [-0.25, -0.2) is 0 Å². The van der Waals surface area contributed by atoms with Crippen molar-refractivity contribution in [2.75, 3.05) is 73.0 Å². The molecule has 23 heteroatoms. The highest BCUT2D eigenvalue weighted by Crippen LogP contribution is 2.37. The fourth-order valence-electron chi connectivity index (χ4n) is 5.47. The molecule has 2 atom stereocenters. The third-order valence-electron chi connectivity index (χ3n) is 8.44. The summed E-state index contributed by atoms with van der Waals surface area (Å²) in [7, 11) is 0. The Labute approximate surface area is 363 Å². The van der Waals surface area contributed by atoms with Gasteiger partial charge in [-0.1, -0.05) is 12.1 Å². The molecule has 0 aromatic heterocycles. The van der Waals surface area contributed by atoms with E-state index in [1.54, 1.807) is 36.4 Å². The number of nitrogens with one attached hydrogen (secondary N) is 8. The third-order valence-corrected chi connectivity index (χ3v) is 10.1. The number of hydrogen-bond acceptors (Lipinski definition) is 15. The van der Waals surface area contributed by atoms with Gasteiger partial charge in [0.2, 0.25) is 11.8 Å². The number of carbonyl (C=O) groups excluding carboxylic acids is 4. The molecule has 0 saturated heterocycles. The zero-order valence-corrected chi connectivity index (χ0v) is 35.3. The molecule has 0 saturated carbocycles. The number of amides is 4. The predicted molar refractivity (Wildman–Crippen MR) is 243 cm³/mol. The lowest BCUT2D eigenvalue weighted by atomic mass is 10.1. The van der Waals surface area contributed by atoms with Gasteiger partial charge in [0.25, 0.3) is 11.8 Å².